The third kappa shape index (κ3) is 63.2. The number of benzene rings is 2. The number of aliphatic hydroxyl groups excluding tert-OH is 1. The summed E-state index contributed by atoms with van der Waals surface area (Å²) in [6.07, 6.45) is 15.9. The molecule has 0 heterocycles. The third-order valence-electron chi connectivity index (χ3n) is 5.64. The van der Waals surface area contributed by atoms with Crippen LogP contribution < -0.4 is 59.1 Å². The molecule has 0 saturated carbocycles. The van der Waals surface area contributed by atoms with E-state index in [4.69, 9.17) is 42.2 Å². The number of thiol groups is 1. The Morgan fingerprint density at radius 2 is 1.08 bits per heavy atom. The van der Waals surface area contributed by atoms with Crippen molar-refractivity contribution in [3.05, 3.63) is 71.8 Å². The molecule has 272 valence electrons. The summed E-state index contributed by atoms with van der Waals surface area (Å²) in [5.41, 5.74) is 2.68. The predicted octanol–water partition coefficient (Wildman–Crippen LogP) is 8.48. The number of thiocarbonyl (C=S) groups is 4. The zero-order valence-corrected chi connectivity index (χ0v) is 43.8. The van der Waals surface area contributed by atoms with Crippen molar-refractivity contribution in [3.63, 3.8) is 0 Å². The topological polar surface area (TPSA) is 20.2 Å². The molecule has 0 unspecified atom stereocenters. The van der Waals surface area contributed by atoms with Crippen LogP contribution in [0.5, 0.6) is 0 Å². The maximum atomic E-state index is 7.00. The summed E-state index contributed by atoms with van der Waals surface area (Å²) in [5.74, 6) is 4.35. The molecule has 0 fully saturated rings. The van der Waals surface area contributed by atoms with Crippen LogP contribution >= 0.6 is 113 Å². The van der Waals surface area contributed by atoms with Gasteiger partial charge in [0.25, 0.3) is 0 Å². The van der Waals surface area contributed by atoms with Crippen molar-refractivity contribution in [2.75, 3.05) is 24.4 Å². The minimum atomic E-state index is 0. The minimum Gasteiger partial charge on any atom is -1.00 e. The first kappa shape index (κ1) is 63.8. The second-order valence-corrected chi connectivity index (χ2v) is 17.2. The fourth-order valence-electron chi connectivity index (χ4n) is 3.23. The molecule has 2 rings (SSSR count). The molecule has 0 spiro atoms. The summed E-state index contributed by atoms with van der Waals surface area (Å²) < 4.78 is 3.67. The molecule has 0 aliphatic carbocycles. The molecule has 2 aromatic carbocycles. The van der Waals surface area contributed by atoms with Gasteiger partial charge in [0, 0.05) is 22.5 Å². The first-order valence-electron chi connectivity index (χ1n) is 16.2. The molecule has 49 heavy (non-hydrogen) atoms. The number of halogens is 1. The van der Waals surface area contributed by atoms with Gasteiger partial charge >= 0.3 is 59.1 Å². The number of thioether (sulfide) groups is 3. The summed E-state index contributed by atoms with van der Waals surface area (Å²) in [7, 11) is 1.00. The van der Waals surface area contributed by atoms with Crippen LogP contribution in [0.25, 0.3) is 0 Å². The van der Waals surface area contributed by atoms with Crippen LogP contribution in [0.3, 0.4) is 0 Å². The van der Waals surface area contributed by atoms with Gasteiger partial charge in [-0.1, -0.05) is 171 Å². The van der Waals surface area contributed by atoms with E-state index in [0.29, 0.717) is 3.53 Å². The monoisotopic (exact) mass is 920 g/mol. The Morgan fingerprint density at radius 1 is 0.694 bits per heavy atom. The van der Waals surface area contributed by atoms with Crippen molar-refractivity contribution in [2.45, 2.75) is 109 Å². The SMILES string of the molecule is BrCc1ccccc1.CCCCCCS.CCCCCCSC(=S)SCc1ccccc1.CCCCCCSC(=S)[S-].CO.S=C=S.[H-].[Na+].[Na+]. The van der Waals surface area contributed by atoms with Gasteiger partial charge in [0.2, 0.25) is 0 Å². The van der Waals surface area contributed by atoms with E-state index in [-0.39, 0.29) is 60.5 Å². The standard InChI is InChI=1S/C14H20S3.C7H7Br.C7H14S3.C6H14S.CH4O.CS2.2Na.H/c1-2-3-4-8-11-16-14(15)17-12-13-9-6-5-7-10-13;8-6-7-4-2-1-3-5-7;1-2-3-4-5-6-10-7(8)9;1-2-3-4-5-6-7;1-2;2-1-3;;;/h5-7,9-10H,2-4,8,11-12H2,1H3;1-5H,6H2;2-6H2,1H3,(H,8,9);7H,2-6H2,1H3;2H,1H3;;;;/q;;;;;;2*+1;-1/p-1. The molecular formula is C36H59BrNa2OS9. The van der Waals surface area contributed by atoms with Gasteiger partial charge in [-0.25, -0.2) is 0 Å². The minimum absolute atomic E-state index is 0. The van der Waals surface area contributed by atoms with Crippen molar-refractivity contribution < 1.29 is 65.6 Å². The fraction of sp³-hybridized carbons (Fsp3) is 0.583. The van der Waals surface area contributed by atoms with E-state index in [9.17, 15) is 0 Å². The maximum absolute atomic E-state index is 7.00. The second-order valence-electron chi connectivity index (χ2n) is 9.58. The average Bonchev–Trinajstić information content (AvgIpc) is 3.10. The molecule has 0 aliphatic heterocycles. The van der Waals surface area contributed by atoms with Crippen LogP contribution in [0.4, 0.5) is 0 Å². The molecule has 0 aliphatic rings. The third-order valence-corrected chi connectivity index (χ3v) is 10.9. The molecule has 0 bridgehead atoms. The first-order valence-corrected chi connectivity index (χ1v) is 22.9. The van der Waals surface area contributed by atoms with Gasteiger partial charge in [-0.3, -0.25) is 0 Å². The van der Waals surface area contributed by atoms with Crippen LogP contribution in [0.2, 0.25) is 0 Å². The Labute approximate surface area is 401 Å². The Kier molecular flexibility index (Phi) is 78.4. The zero-order valence-electron chi connectivity index (χ0n) is 31.8. The molecular weight excluding hydrogens is 863 g/mol. The molecule has 13 heteroatoms. The second kappa shape index (κ2) is 60.2. The normalized spacial score (nSPS) is 8.71. The Bertz CT molecular complexity index is 928. The van der Waals surface area contributed by atoms with E-state index in [1.54, 1.807) is 23.5 Å². The number of hydrogen-bond acceptors (Lipinski definition) is 10. The maximum Gasteiger partial charge on any atom is 1.00 e. The van der Waals surface area contributed by atoms with E-state index >= 15 is 0 Å². The molecule has 0 radical (unpaired) electrons. The Morgan fingerprint density at radius 3 is 1.43 bits per heavy atom. The summed E-state index contributed by atoms with van der Waals surface area (Å²) >= 11 is 35.5. The fourth-order valence-corrected chi connectivity index (χ4v) is 7.02. The summed E-state index contributed by atoms with van der Waals surface area (Å²) in [5, 5.41) is 7.95. The van der Waals surface area contributed by atoms with Crippen molar-refractivity contribution in [2.24, 2.45) is 0 Å². The number of rotatable bonds is 17. The van der Waals surface area contributed by atoms with Crippen molar-refractivity contribution in [3.8, 4) is 0 Å². The van der Waals surface area contributed by atoms with Gasteiger partial charge in [-0.05, 0) is 72.1 Å². The van der Waals surface area contributed by atoms with Gasteiger partial charge in [-0.2, -0.15) is 12.6 Å². The molecule has 0 atom stereocenters. The number of unbranched alkanes of at least 4 members (excludes halogenated alkanes) is 9. The molecule has 0 aromatic heterocycles. The Hall–Kier alpha value is 2.90. The van der Waals surface area contributed by atoms with Crippen LogP contribution in [0.15, 0.2) is 60.7 Å². The van der Waals surface area contributed by atoms with Crippen LogP contribution in [-0.2, 0) is 23.7 Å². The predicted molar refractivity (Wildman–Crippen MR) is 250 cm³/mol. The zero-order chi connectivity index (χ0) is 36.2. The summed E-state index contributed by atoms with van der Waals surface area (Å²) in [6, 6.07) is 20.8. The molecule has 1 nitrogen and oxygen atoms in total. The van der Waals surface area contributed by atoms with E-state index in [0.717, 1.165) is 33.2 Å². The van der Waals surface area contributed by atoms with E-state index in [1.807, 2.05) is 34.3 Å². The number of hydrogen-bond donors (Lipinski definition) is 2. The molecule has 0 amide bonds. The number of aliphatic hydroxyl groups is 1. The summed E-state index contributed by atoms with van der Waals surface area (Å²) in [4.78, 5) is 0. The van der Waals surface area contributed by atoms with Gasteiger partial charge in [0.15, 0.2) is 0 Å². The number of alkyl halides is 1. The van der Waals surface area contributed by atoms with Crippen molar-refractivity contribution in [1.29, 1.82) is 0 Å². The van der Waals surface area contributed by atoms with E-state index in [2.05, 4.69) is 116 Å². The van der Waals surface area contributed by atoms with Crippen LogP contribution in [0, 0.1) is 0 Å². The largest absolute Gasteiger partial charge is 1.00 e. The Balaban J connectivity index is -0.0000000975. The first-order chi connectivity index (χ1) is 22.9. The van der Waals surface area contributed by atoms with Crippen molar-refractivity contribution >= 4 is 137 Å². The average molecular weight is 922 g/mol. The van der Waals surface area contributed by atoms with Gasteiger partial charge in [-0.15, -0.1) is 35.3 Å². The molecule has 0 saturated heterocycles. The quantitative estimate of drug-likeness (QED) is 0.0404. The molecule has 1 N–H and O–H groups in total. The van der Waals surface area contributed by atoms with E-state index in [1.165, 1.54) is 93.9 Å². The van der Waals surface area contributed by atoms with Gasteiger partial charge in [0.1, 0.15) is 3.53 Å². The van der Waals surface area contributed by atoms with Crippen molar-refractivity contribution in [1.82, 2.24) is 0 Å². The summed E-state index contributed by atoms with van der Waals surface area (Å²) in [6.45, 7) is 6.68. The van der Waals surface area contributed by atoms with Crippen LogP contribution in [-0.4, -0.2) is 40.8 Å². The van der Waals surface area contributed by atoms with Gasteiger partial charge < -0.3 is 31.4 Å². The van der Waals surface area contributed by atoms with Crippen LogP contribution in [0.1, 0.15) is 110 Å². The van der Waals surface area contributed by atoms with Gasteiger partial charge in [0.05, 0.1) is 0 Å². The van der Waals surface area contributed by atoms with E-state index < -0.39 is 0 Å². The molecule has 2 aromatic rings. The smallest absolute Gasteiger partial charge is 1.00 e.